The predicted octanol–water partition coefficient (Wildman–Crippen LogP) is 0.662. The topological polar surface area (TPSA) is 41.5 Å². The molecule has 54 valence electrons. The number of hydrogen-bond donors (Lipinski definition) is 1. The van der Waals surface area contributed by atoms with Gasteiger partial charge >= 0.3 is 0 Å². The van der Waals surface area contributed by atoms with Crippen LogP contribution < -0.4 is 5.43 Å². The van der Waals surface area contributed by atoms with Gasteiger partial charge in [-0.3, -0.25) is 4.79 Å². The summed E-state index contributed by atoms with van der Waals surface area (Å²) in [7, 11) is 0. The second-order valence-electron chi connectivity index (χ2n) is 2.93. The van der Waals surface area contributed by atoms with Crippen LogP contribution in [0.3, 0.4) is 0 Å². The van der Waals surface area contributed by atoms with E-state index in [0.717, 1.165) is 12.8 Å². The standard InChI is InChI=1S/C7H10N2O/c10-7-4-5-2-1-3-6(5)8-9-7/h5H,1-4H2,(H,9,10). The van der Waals surface area contributed by atoms with Crippen molar-refractivity contribution in [1.82, 2.24) is 5.43 Å². The van der Waals surface area contributed by atoms with Crippen LogP contribution >= 0.6 is 0 Å². The van der Waals surface area contributed by atoms with Crippen molar-refractivity contribution in [3.05, 3.63) is 0 Å². The average Bonchev–Trinajstić information content (AvgIpc) is 2.33. The van der Waals surface area contributed by atoms with Gasteiger partial charge in [-0.25, -0.2) is 5.43 Å². The van der Waals surface area contributed by atoms with Crippen LogP contribution in [0.5, 0.6) is 0 Å². The number of fused-ring (bicyclic) bond motifs is 1. The maximum absolute atomic E-state index is 10.8. The van der Waals surface area contributed by atoms with Crippen molar-refractivity contribution in [3.8, 4) is 0 Å². The molecule has 0 spiro atoms. The van der Waals surface area contributed by atoms with Crippen LogP contribution in [0.15, 0.2) is 5.10 Å². The minimum atomic E-state index is 0.0793. The summed E-state index contributed by atoms with van der Waals surface area (Å²) in [4.78, 5) is 10.8. The van der Waals surface area contributed by atoms with Crippen molar-refractivity contribution in [3.63, 3.8) is 0 Å². The van der Waals surface area contributed by atoms with E-state index in [-0.39, 0.29) is 5.91 Å². The Morgan fingerprint density at radius 2 is 2.50 bits per heavy atom. The van der Waals surface area contributed by atoms with Crippen molar-refractivity contribution >= 4 is 11.6 Å². The molecule has 1 amide bonds. The van der Waals surface area contributed by atoms with Gasteiger partial charge in [0.05, 0.1) is 0 Å². The second-order valence-corrected chi connectivity index (χ2v) is 2.93. The summed E-state index contributed by atoms with van der Waals surface area (Å²) >= 11 is 0. The summed E-state index contributed by atoms with van der Waals surface area (Å²) in [6.45, 7) is 0. The molecule has 2 rings (SSSR count). The highest BCUT2D eigenvalue weighted by molar-refractivity contribution is 5.95. The molecule has 1 unspecified atom stereocenters. The molecule has 3 nitrogen and oxygen atoms in total. The molecule has 2 aliphatic rings. The van der Waals surface area contributed by atoms with Gasteiger partial charge in [0.15, 0.2) is 0 Å². The van der Waals surface area contributed by atoms with Crippen LogP contribution in [0.2, 0.25) is 0 Å². The molecule has 1 aliphatic carbocycles. The Kier molecular flexibility index (Phi) is 1.22. The van der Waals surface area contributed by atoms with Crippen molar-refractivity contribution in [2.45, 2.75) is 25.7 Å². The molecule has 1 heterocycles. The summed E-state index contributed by atoms with van der Waals surface area (Å²) < 4.78 is 0. The Balaban J connectivity index is 2.20. The van der Waals surface area contributed by atoms with E-state index in [9.17, 15) is 4.79 Å². The zero-order valence-electron chi connectivity index (χ0n) is 5.76. The number of carbonyl (C=O) groups is 1. The predicted molar refractivity (Wildman–Crippen MR) is 37.5 cm³/mol. The minimum Gasteiger partial charge on any atom is -0.273 e. The molecule has 1 atom stereocenters. The molecule has 0 bridgehead atoms. The Morgan fingerprint density at radius 1 is 1.60 bits per heavy atom. The molecule has 10 heavy (non-hydrogen) atoms. The molecule has 0 aromatic rings. The normalized spacial score (nSPS) is 31.0. The lowest BCUT2D eigenvalue weighted by Gasteiger charge is -2.14. The van der Waals surface area contributed by atoms with Crippen molar-refractivity contribution < 1.29 is 4.79 Å². The molecule has 1 aliphatic heterocycles. The number of nitrogens with zero attached hydrogens (tertiary/aromatic N) is 1. The van der Waals surface area contributed by atoms with Gasteiger partial charge in [0, 0.05) is 18.1 Å². The highest BCUT2D eigenvalue weighted by Crippen LogP contribution is 2.26. The third-order valence-corrected chi connectivity index (χ3v) is 2.21. The van der Waals surface area contributed by atoms with Gasteiger partial charge in [0.25, 0.3) is 0 Å². The number of nitrogens with one attached hydrogen (secondary N) is 1. The van der Waals surface area contributed by atoms with E-state index in [2.05, 4.69) is 10.5 Å². The lowest BCUT2D eigenvalue weighted by Crippen LogP contribution is -2.29. The minimum absolute atomic E-state index is 0.0793. The molecule has 0 radical (unpaired) electrons. The van der Waals surface area contributed by atoms with E-state index in [0.29, 0.717) is 12.3 Å². The fraction of sp³-hybridized carbons (Fsp3) is 0.714. The first-order valence-electron chi connectivity index (χ1n) is 3.71. The number of hydrogen-bond acceptors (Lipinski definition) is 2. The van der Waals surface area contributed by atoms with Crippen LogP contribution in [0.4, 0.5) is 0 Å². The molecular formula is C7H10N2O. The first kappa shape index (κ1) is 5.89. The van der Waals surface area contributed by atoms with Crippen LogP contribution in [-0.2, 0) is 4.79 Å². The van der Waals surface area contributed by atoms with Crippen LogP contribution in [0.1, 0.15) is 25.7 Å². The van der Waals surface area contributed by atoms with E-state index in [1.54, 1.807) is 0 Å². The maximum Gasteiger partial charge on any atom is 0.240 e. The molecule has 0 aromatic heterocycles. The summed E-state index contributed by atoms with van der Waals surface area (Å²) in [5.74, 6) is 0.560. The number of amides is 1. The van der Waals surface area contributed by atoms with Crippen LogP contribution in [0.25, 0.3) is 0 Å². The molecular weight excluding hydrogens is 128 g/mol. The van der Waals surface area contributed by atoms with E-state index in [4.69, 9.17) is 0 Å². The first-order chi connectivity index (χ1) is 4.86. The van der Waals surface area contributed by atoms with E-state index >= 15 is 0 Å². The zero-order chi connectivity index (χ0) is 6.97. The maximum atomic E-state index is 10.8. The average molecular weight is 138 g/mol. The fourth-order valence-corrected chi connectivity index (χ4v) is 1.67. The molecule has 1 saturated carbocycles. The van der Waals surface area contributed by atoms with E-state index in [1.165, 1.54) is 12.1 Å². The molecule has 0 aromatic carbocycles. The highest BCUT2D eigenvalue weighted by Gasteiger charge is 2.27. The summed E-state index contributed by atoms with van der Waals surface area (Å²) in [6.07, 6.45) is 4.12. The van der Waals surface area contributed by atoms with Gasteiger partial charge < -0.3 is 0 Å². The molecule has 3 heteroatoms. The van der Waals surface area contributed by atoms with E-state index in [1.807, 2.05) is 0 Å². The number of hydrazone groups is 1. The van der Waals surface area contributed by atoms with Gasteiger partial charge in [0.1, 0.15) is 0 Å². The Labute approximate surface area is 59.5 Å². The summed E-state index contributed by atoms with van der Waals surface area (Å²) in [6, 6.07) is 0. The third-order valence-electron chi connectivity index (χ3n) is 2.21. The van der Waals surface area contributed by atoms with Gasteiger partial charge in [-0.05, 0) is 19.3 Å². The van der Waals surface area contributed by atoms with Crippen molar-refractivity contribution in [2.75, 3.05) is 0 Å². The SMILES string of the molecule is O=C1CC2CCCC2=NN1. The molecule has 0 saturated heterocycles. The van der Waals surface area contributed by atoms with Gasteiger partial charge in [-0.15, -0.1) is 0 Å². The smallest absolute Gasteiger partial charge is 0.240 e. The second kappa shape index (κ2) is 2.08. The number of carbonyl (C=O) groups excluding carboxylic acids is 1. The fourth-order valence-electron chi connectivity index (χ4n) is 1.67. The van der Waals surface area contributed by atoms with Gasteiger partial charge in [-0.2, -0.15) is 5.10 Å². The van der Waals surface area contributed by atoms with Crippen molar-refractivity contribution in [2.24, 2.45) is 11.0 Å². The van der Waals surface area contributed by atoms with Gasteiger partial charge in [0.2, 0.25) is 5.91 Å². The summed E-state index contributed by atoms with van der Waals surface area (Å²) in [5, 5.41) is 3.99. The van der Waals surface area contributed by atoms with Crippen LogP contribution in [-0.4, -0.2) is 11.6 Å². The van der Waals surface area contributed by atoms with Gasteiger partial charge in [-0.1, -0.05) is 0 Å². The molecule has 1 fully saturated rings. The van der Waals surface area contributed by atoms with Crippen LogP contribution in [0, 0.1) is 5.92 Å². The zero-order valence-corrected chi connectivity index (χ0v) is 5.76. The lowest BCUT2D eigenvalue weighted by atomic mass is 10.0. The summed E-state index contributed by atoms with van der Waals surface area (Å²) in [5.41, 5.74) is 3.71. The third kappa shape index (κ3) is 0.818. The Morgan fingerprint density at radius 3 is 3.40 bits per heavy atom. The Bertz CT molecular complexity index is 198. The van der Waals surface area contributed by atoms with Crippen molar-refractivity contribution in [1.29, 1.82) is 0 Å². The molecule has 1 N–H and O–H groups in total. The number of rotatable bonds is 0. The lowest BCUT2D eigenvalue weighted by molar-refractivity contribution is -0.122. The first-order valence-corrected chi connectivity index (χ1v) is 3.71. The van der Waals surface area contributed by atoms with E-state index < -0.39 is 0 Å². The largest absolute Gasteiger partial charge is 0.273 e. The monoisotopic (exact) mass is 138 g/mol. The Hall–Kier alpha value is -0.860. The highest BCUT2D eigenvalue weighted by atomic mass is 16.2. The quantitative estimate of drug-likeness (QED) is 0.525.